The summed E-state index contributed by atoms with van der Waals surface area (Å²) in [6.07, 6.45) is 7.54. The van der Waals surface area contributed by atoms with Crippen LogP contribution in [-0.4, -0.2) is 128 Å². The molecule has 1 heterocycles. The van der Waals surface area contributed by atoms with Gasteiger partial charge in [0.25, 0.3) is 0 Å². The summed E-state index contributed by atoms with van der Waals surface area (Å²) < 4.78 is 49.4. The fraction of sp³-hybridized carbons (Fsp3) is 0.805. The van der Waals surface area contributed by atoms with Gasteiger partial charge in [0.05, 0.1) is 95.5 Å². The van der Waals surface area contributed by atoms with E-state index in [4.69, 9.17) is 42.6 Å². The van der Waals surface area contributed by atoms with Crippen LogP contribution < -0.4 is 0 Å². The summed E-state index contributed by atoms with van der Waals surface area (Å²) in [5.41, 5.74) is -3.20. The lowest BCUT2D eigenvalue weighted by molar-refractivity contribution is -0.169. The molecule has 2 unspecified atom stereocenters. The number of ether oxygens (including phenoxy) is 9. The van der Waals surface area contributed by atoms with Crippen molar-refractivity contribution in [1.82, 2.24) is 4.98 Å². The highest BCUT2D eigenvalue weighted by Gasteiger charge is 2.49. The van der Waals surface area contributed by atoms with Crippen molar-refractivity contribution in [2.45, 2.75) is 97.9 Å². The average molecular weight is 834 g/mol. The van der Waals surface area contributed by atoms with Crippen LogP contribution in [0.15, 0.2) is 29.4 Å². The largest absolute Gasteiger partial charge is 0.465 e. The van der Waals surface area contributed by atoms with Gasteiger partial charge in [-0.2, -0.15) is 0 Å². The topological polar surface area (TPSA) is 147 Å². The highest BCUT2D eigenvalue weighted by atomic mass is 33.1. The lowest BCUT2D eigenvalue weighted by Gasteiger charge is -2.39. The third-order valence-corrected chi connectivity index (χ3v) is 11.2. The van der Waals surface area contributed by atoms with Crippen molar-refractivity contribution in [2.24, 2.45) is 16.2 Å². The van der Waals surface area contributed by atoms with Gasteiger partial charge in [0.1, 0.15) is 18.2 Å². The first-order valence-corrected chi connectivity index (χ1v) is 22.4. The maximum atomic E-state index is 13.8. The first-order valence-electron chi connectivity index (χ1n) is 20.0. The summed E-state index contributed by atoms with van der Waals surface area (Å²) in [6, 6.07) is 5.71. The van der Waals surface area contributed by atoms with Crippen LogP contribution in [-0.2, 0) is 57.0 Å². The highest BCUT2D eigenvalue weighted by molar-refractivity contribution is 8.76. The molecule has 0 bridgehead atoms. The molecule has 0 N–H and O–H groups in total. The summed E-state index contributed by atoms with van der Waals surface area (Å²) in [5.74, 6) is -0.680. The van der Waals surface area contributed by atoms with Gasteiger partial charge in [-0.15, -0.1) is 0 Å². The van der Waals surface area contributed by atoms with Crippen molar-refractivity contribution in [3.05, 3.63) is 24.4 Å². The molecule has 324 valence electrons. The Labute approximate surface area is 344 Å². The molecule has 0 aliphatic rings. The van der Waals surface area contributed by atoms with E-state index in [2.05, 4.69) is 11.9 Å². The van der Waals surface area contributed by atoms with E-state index >= 15 is 0 Å². The molecule has 15 heteroatoms. The minimum atomic E-state index is -1.16. The number of hydrogen-bond donors (Lipinski definition) is 0. The van der Waals surface area contributed by atoms with Gasteiger partial charge >= 0.3 is 17.9 Å². The number of esters is 3. The minimum absolute atomic E-state index is 0.0529. The lowest BCUT2D eigenvalue weighted by atomic mass is 9.65. The Bertz CT molecular complexity index is 1160. The number of methoxy groups -OCH3 is 1. The van der Waals surface area contributed by atoms with Crippen molar-refractivity contribution in [3.8, 4) is 0 Å². The maximum Gasteiger partial charge on any atom is 0.311 e. The van der Waals surface area contributed by atoms with Crippen LogP contribution in [0.1, 0.15) is 92.9 Å². The third-order valence-electron chi connectivity index (χ3n) is 8.97. The highest BCUT2D eigenvalue weighted by Crippen LogP contribution is 2.46. The van der Waals surface area contributed by atoms with E-state index in [9.17, 15) is 14.4 Å². The Hall–Kier alpha value is -1.98. The van der Waals surface area contributed by atoms with E-state index in [0.717, 1.165) is 37.1 Å². The Balaban J connectivity index is 2.57. The van der Waals surface area contributed by atoms with E-state index in [1.807, 2.05) is 32.0 Å². The predicted octanol–water partition coefficient (Wildman–Crippen LogP) is 7.38. The van der Waals surface area contributed by atoms with Crippen LogP contribution in [0.4, 0.5) is 0 Å². The maximum absolute atomic E-state index is 13.8. The molecule has 1 aromatic rings. The molecule has 2 atom stereocenters. The van der Waals surface area contributed by atoms with Gasteiger partial charge in [0.2, 0.25) is 0 Å². The molecular weight excluding hydrogens is 763 g/mol. The van der Waals surface area contributed by atoms with Crippen LogP contribution in [0.3, 0.4) is 0 Å². The fourth-order valence-electron chi connectivity index (χ4n) is 5.86. The summed E-state index contributed by atoms with van der Waals surface area (Å²) >= 11 is 0. The van der Waals surface area contributed by atoms with Gasteiger partial charge < -0.3 is 42.6 Å². The van der Waals surface area contributed by atoms with Crippen molar-refractivity contribution in [3.63, 3.8) is 0 Å². The molecule has 0 amide bonds. The molecule has 0 aliphatic carbocycles. The zero-order chi connectivity index (χ0) is 41.4. The Kier molecular flexibility index (Phi) is 29.7. The van der Waals surface area contributed by atoms with Crippen LogP contribution in [0.2, 0.25) is 0 Å². The molecule has 0 aliphatic heterocycles. The second-order valence-electron chi connectivity index (χ2n) is 14.7. The van der Waals surface area contributed by atoms with E-state index in [-0.39, 0.29) is 45.2 Å². The van der Waals surface area contributed by atoms with Crippen molar-refractivity contribution >= 4 is 39.5 Å². The van der Waals surface area contributed by atoms with Gasteiger partial charge in [-0.25, -0.2) is 4.98 Å². The fourth-order valence-corrected chi connectivity index (χ4v) is 7.56. The number of rotatable bonds is 37. The molecule has 0 saturated heterocycles. The first kappa shape index (κ1) is 52.0. The number of pyridine rings is 1. The number of carbonyl (C=O) groups is 3. The van der Waals surface area contributed by atoms with Crippen molar-refractivity contribution < 1.29 is 57.0 Å². The van der Waals surface area contributed by atoms with Crippen LogP contribution in [0, 0.1) is 16.2 Å². The standard InChI is InChI=1S/C41H71NO12S2/c1-8-10-11-12-15-18-52-38(45)41(6,34-40(5,9-2)37(44)54-31-32-55-56-35-16-13-14-17-42-35)33-39(3,4)36(43)53-30-29-51-28-27-50-26-25-49-24-23-48-22-21-47-20-19-46-7/h13-14,16-17H,8-12,15,18-34H2,1-7H3. The van der Waals surface area contributed by atoms with Gasteiger partial charge in [0, 0.05) is 19.1 Å². The molecule has 0 radical (unpaired) electrons. The van der Waals surface area contributed by atoms with Gasteiger partial charge in [-0.3, -0.25) is 14.4 Å². The SMILES string of the molecule is CCCCCCCOC(=O)C(C)(CC(C)(C)C(=O)OCCOCCOCCOCCOCCOCCOC)CC(C)(CC)C(=O)OCCSSc1ccccn1. The predicted molar refractivity (Wildman–Crippen MR) is 220 cm³/mol. The van der Waals surface area contributed by atoms with E-state index in [0.29, 0.717) is 78.2 Å². The molecule has 0 spiro atoms. The van der Waals surface area contributed by atoms with Gasteiger partial charge in [-0.05, 0) is 76.3 Å². The Morgan fingerprint density at radius 3 is 1.64 bits per heavy atom. The van der Waals surface area contributed by atoms with Crippen LogP contribution >= 0.6 is 21.6 Å². The van der Waals surface area contributed by atoms with E-state index in [1.165, 1.54) is 10.8 Å². The second-order valence-corrected chi connectivity index (χ2v) is 17.1. The third kappa shape index (κ3) is 24.1. The summed E-state index contributed by atoms with van der Waals surface area (Å²) in [5, 5.41) is 0.883. The van der Waals surface area contributed by atoms with Crippen molar-refractivity contribution in [1.29, 1.82) is 0 Å². The lowest BCUT2D eigenvalue weighted by Crippen LogP contribution is -2.44. The molecule has 0 fully saturated rings. The second kappa shape index (κ2) is 31.9. The zero-order valence-electron chi connectivity index (χ0n) is 35.2. The quantitative estimate of drug-likeness (QED) is 0.0284. The smallest absolute Gasteiger partial charge is 0.311 e. The number of unbranched alkanes of at least 4 members (excludes halogenated alkanes) is 4. The Morgan fingerprint density at radius 1 is 0.589 bits per heavy atom. The van der Waals surface area contributed by atoms with E-state index in [1.54, 1.807) is 44.9 Å². The number of aromatic nitrogens is 1. The van der Waals surface area contributed by atoms with Gasteiger partial charge in [0.15, 0.2) is 0 Å². The molecule has 0 saturated carbocycles. The minimum Gasteiger partial charge on any atom is -0.465 e. The average Bonchev–Trinajstić information content (AvgIpc) is 3.18. The van der Waals surface area contributed by atoms with Crippen LogP contribution in [0.5, 0.6) is 0 Å². The summed E-state index contributed by atoms with van der Waals surface area (Å²) in [7, 11) is 4.71. The molecule has 0 aromatic carbocycles. The molecule has 56 heavy (non-hydrogen) atoms. The normalized spacial score (nSPS) is 13.8. The Morgan fingerprint density at radius 2 is 1.11 bits per heavy atom. The van der Waals surface area contributed by atoms with Gasteiger partial charge in [-0.1, -0.05) is 56.4 Å². The van der Waals surface area contributed by atoms with E-state index < -0.39 is 28.2 Å². The molecular formula is C41H71NO12S2. The summed E-state index contributed by atoms with van der Waals surface area (Å²) in [6.45, 7) is 16.6. The monoisotopic (exact) mass is 833 g/mol. The molecule has 13 nitrogen and oxygen atoms in total. The molecule has 1 rings (SSSR count). The molecule has 1 aromatic heterocycles. The van der Waals surface area contributed by atoms with Crippen molar-refractivity contribution in [2.75, 3.05) is 105 Å². The first-order chi connectivity index (χ1) is 26.9. The summed E-state index contributed by atoms with van der Waals surface area (Å²) in [4.78, 5) is 45.1. The zero-order valence-corrected chi connectivity index (χ0v) is 36.9. The number of hydrogen-bond acceptors (Lipinski definition) is 15. The number of carbonyl (C=O) groups excluding carboxylic acids is 3. The number of nitrogens with zero attached hydrogens (tertiary/aromatic N) is 1. The van der Waals surface area contributed by atoms with Crippen LogP contribution in [0.25, 0.3) is 0 Å².